The van der Waals surface area contributed by atoms with E-state index >= 15 is 0 Å². The van der Waals surface area contributed by atoms with Gasteiger partial charge in [0.2, 0.25) is 0 Å². The molecule has 1 aliphatic rings. The van der Waals surface area contributed by atoms with E-state index in [9.17, 15) is 13.2 Å². The van der Waals surface area contributed by atoms with Crippen LogP contribution in [0.15, 0.2) is 42.7 Å². The van der Waals surface area contributed by atoms with E-state index in [0.717, 1.165) is 48.5 Å². The van der Waals surface area contributed by atoms with E-state index in [2.05, 4.69) is 41.8 Å². The summed E-state index contributed by atoms with van der Waals surface area (Å²) in [4.78, 5) is 6.17. The van der Waals surface area contributed by atoms with Gasteiger partial charge in [-0.05, 0) is 39.7 Å². The first-order valence-electron chi connectivity index (χ1n) is 12.4. The van der Waals surface area contributed by atoms with Crippen molar-refractivity contribution in [3.05, 3.63) is 59.0 Å². The lowest BCUT2D eigenvalue weighted by Crippen LogP contribution is -2.34. The minimum Gasteiger partial charge on any atom is -0.350 e. The van der Waals surface area contributed by atoms with Crippen molar-refractivity contribution >= 4 is 17.4 Å². The van der Waals surface area contributed by atoms with Gasteiger partial charge in [0.05, 0.1) is 17.3 Å². The second kappa shape index (κ2) is 9.55. The normalized spacial score (nSPS) is 14.9. The molecule has 5 rings (SSSR count). The highest BCUT2D eigenvalue weighted by Crippen LogP contribution is 2.37. The molecule has 0 saturated heterocycles. The summed E-state index contributed by atoms with van der Waals surface area (Å²) in [5, 5.41) is 9.83. The molecular formula is C26H29ClF3N7. The molecule has 0 amide bonds. The summed E-state index contributed by atoms with van der Waals surface area (Å²) in [6.45, 7) is 10.1. The Morgan fingerprint density at radius 2 is 1.81 bits per heavy atom. The fraction of sp³-hybridized carbons (Fsp3) is 0.423. The van der Waals surface area contributed by atoms with Gasteiger partial charge in [-0.1, -0.05) is 35.9 Å². The summed E-state index contributed by atoms with van der Waals surface area (Å²) in [5.74, 6) is 1.31. The van der Waals surface area contributed by atoms with Crippen molar-refractivity contribution in [1.82, 2.24) is 29.1 Å². The molecule has 1 atom stereocenters. The molecule has 1 aliphatic heterocycles. The van der Waals surface area contributed by atoms with Crippen LogP contribution in [-0.4, -0.2) is 35.7 Å². The molecule has 3 aromatic heterocycles. The molecule has 196 valence electrons. The van der Waals surface area contributed by atoms with Crippen molar-refractivity contribution in [2.45, 2.75) is 65.5 Å². The molecule has 0 fully saturated rings. The first kappa shape index (κ1) is 25.4. The van der Waals surface area contributed by atoms with Gasteiger partial charge in [0.15, 0.2) is 5.69 Å². The lowest BCUT2D eigenvalue weighted by molar-refractivity contribution is -0.140. The van der Waals surface area contributed by atoms with Crippen LogP contribution in [0, 0.1) is 0 Å². The molecule has 37 heavy (non-hydrogen) atoms. The highest BCUT2D eigenvalue weighted by Gasteiger charge is 2.35. The smallest absolute Gasteiger partial charge is 0.350 e. The maximum atomic E-state index is 13.2. The lowest BCUT2D eigenvalue weighted by atomic mass is 10.0. The average molecular weight is 532 g/mol. The molecule has 0 spiro atoms. The molecular weight excluding hydrogens is 503 g/mol. The van der Waals surface area contributed by atoms with Gasteiger partial charge < -0.3 is 9.47 Å². The highest BCUT2D eigenvalue weighted by atomic mass is 35.5. The number of aryl methyl sites for hydroxylation is 2. The van der Waals surface area contributed by atoms with Crippen LogP contribution in [0.25, 0.3) is 22.8 Å². The van der Waals surface area contributed by atoms with Crippen molar-refractivity contribution < 1.29 is 13.2 Å². The maximum absolute atomic E-state index is 13.2. The molecule has 0 aliphatic carbocycles. The fourth-order valence-electron chi connectivity index (χ4n) is 4.90. The van der Waals surface area contributed by atoms with E-state index in [-0.39, 0.29) is 12.1 Å². The number of rotatable bonds is 6. The van der Waals surface area contributed by atoms with Crippen LogP contribution in [0.5, 0.6) is 0 Å². The van der Waals surface area contributed by atoms with Gasteiger partial charge in [-0.3, -0.25) is 4.68 Å². The van der Waals surface area contributed by atoms with Gasteiger partial charge in [-0.25, -0.2) is 9.67 Å². The van der Waals surface area contributed by atoms with Gasteiger partial charge in [-0.2, -0.15) is 23.4 Å². The van der Waals surface area contributed by atoms with Gasteiger partial charge in [0.25, 0.3) is 0 Å². The Kier molecular flexibility index (Phi) is 6.55. The molecule has 1 aromatic carbocycles. The third kappa shape index (κ3) is 4.63. The number of hydrogen-bond donors (Lipinski definition) is 0. The number of alkyl halides is 3. The number of nitrogens with zero attached hydrogens (tertiary/aromatic N) is 7. The van der Waals surface area contributed by atoms with Crippen molar-refractivity contribution in [2.75, 3.05) is 11.4 Å². The molecule has 4 aromatic rings. The summed E-state index contributed by atoms with van der Waals surface area (Å²) in [6.07, 6.45) is -0.812. The van der Waals surface area contributed by atoms with Crippen LogP contribution in [0.1, 0.15) is 57.5 Å². The van der Waals surface area contributed by atoms with Crippen LogP contribution in [-0.2, 0) is 19.3 Å². The lowest BCUT2D eigenvalue weighted by Gasteiger charge is -2.35. The number of anilines is 1. The Hall–Kier alpha value is -3.27. The quantitative estimate of drug-likeness (QED) is 0.273. The van der Waals surface area contributed by atoms with E-state index in [1.54, 1.807) is 13.1 Å². The number of hydrogen-bond acceptors (Lipinski definition) is 4. The zero-order valence-electron chi connectivity index (χ0n) is 21.2. The molecule has 11 heteroatoms. The summed E-state index contributed by atoms with van der Waals surface area (Å²) in [5.41, 5.74) is 2.41. The zero-order chi connectivity index (χ0) is 26.5. The van der Waals surface area contributed by atoms with Crippen molar-refractivity contribution in [1.29, 1.82) is 0 Å². The number of fused-ring (bicyclic) bond motifs is 1. The third-order valence-corrected chi connectivity index (χ3v) is 7.11. The summed E-state index contributed by atoms with van der Waals surface area (Å²) < 4.78 is 45.0. The molecule has 0 N–H and O–H groups in total. The fourth-order valence-corrected chi connectivity index (χ4v) is 5.13. The van der Waals surface area contributed by atoms with Gasteiger partial charge >= 0.3 is 6.18 Å². The summed E-state index contributed by atoms with van der Waals surface area (Å²) in [7, 11) is 0. The molecule has 0 radical (unpaired) electrons. The molecule has 0 saturated carbocycles. The molecule has 7 nitrogen and oxygen atoms in total. The number of imidazole rings is 1. The zero-order valence-corrected chi connectivity index (χ0v) is 21.9. The van der Waals surface area contributed by atoms with Crippen LogP contribution >= 0.6 is 11.6 Å². The third-order valence-electron chi connectivity index (χ3n) is 6.83. The van der Waals surface area contributed by atoms with Crippen molar-refractivity contribution in [2.24, 2.45) is 0 Å². The Balaban J connectivity index is 1.43. The Morgan fingerprint density at radius 1 is 1.08 bits per heavy atom. The van der Waals surface area contributed by atoms with E-state index in [1.165, 1.54) is 4.57 Å². The van der Waals surface area contributed by atoms with Crippen LogP contribution in [0.2, 0.25) is 5.02 Å². The van der Waals surface area contributed by atoms with Gasteiger partial charge in [-0.15, -0.1) is 0 Å². The van der Waals surface area contributed by atoms with Crippen LogP contribution in [0.4, 0.5) is 19.0 Å². The standard InChI is InChI=1S/C26H29ClF3N7/c1-5-34-15-22(26(28,29)30)32-25(34)19-9-7-18(8-10-19)17(4)35-11-6-12-36-23(35)13-21(33-36)24-20(27)14-31-37(24)16(2)3/h7-10,13-17H,5-6,11-12H2,1-4H3. The minimum absolute atomic E-state index is 0.0276. The topological polar surface area (TPSA) is 56.7 Å². The van der Waals surface area contributed by atoms with Gasteiger partial charge in [0.1, 0.15) is 23.0 Å². The van der Waals surface area contributed by atoms with Crippen LogP contribution < -0.4 is 4.90 Å². The largest absolute Gasteiger partial charge is 0.434 e. The average Bonchev–Trinajstić information content (AvgIpc) is 3.59. The van der Waals surface area contributed by atoms with Gasteiger partial charge in [0, 0.05) is 43.5 Å². The van der Waals surface area contributed by atoms with Crippen molar-refractivity contribution in [3.8, 4) is 22.8 Å². The minimum atomic E-state index is -4.48. The number of aromatic nitrogens is 6. The summed E-state index contributed by atoms with van der Waals surface area (Å²) >= 11 is 6.48. The Bertz CT molecular complexity index is 1400. The maximum Gasteiger partial charge on any atom is 0.434 e. The molecule has 1 unspecified atom stereocenters. The molecule has 4 heterocycles. The van der Waals surface area contributed by atoms with E-state index in [1.807, 2.05) is 33.6 Å². The monoisotopic (exact) mass is 531 g/mol. The first-order chi connectivity index (χ1) is 17.6. The Labute approximate surface area is 218 Å². The second-order valence-corrected chi connectivity index (χ2v) is 9.98. The molecule has 0 bridgehead atoms. The van der Waals surface area contributed by atoms with E-state index in [4.69, 9.17) is 16.7 Å². The number of halogens is 4. The first-order valence-corrected chi connectivity index (χ1v) is 12.8. The van der Waals surface area contributed by atoms with E-state index < -0.39 is 11.9 Å². The summed E-state index contributed by atoms with van der Waals surface area (Å²) in [6, 6.07) is 9.83. The second-order valence-electron chi connectivity index (χ2n) is 9.57. The van der Waals surface area contributed by atoms with Crippen LogP contribution in [0.3, 0.4) is 0 Å². The SMILES string of the molecule is CCn1cc(C(F)(F)F)nc1-c1ccc(C(C)N2CCCn3nc(-c4c(Cl)cnn4C(C)C)cc32)cc1. The highest BCUT2D eigenvalue weighted by molar-refractivity contribution is 6.32. The Morgan fingerprint density at radius 3 is 2.46 bits per heavy atom. The van der Waals surface area contributed by atoms with E-state index in [0.29, 0.717) is 23.0 Å². The predicted octanol–water partition coefficient (Wildman–Crippen LogP) is 6.85. The van der Waals surface area contributed by atoms with Crippen molar-refractivity contribution in [3.63, 3.8) is 0 Å². The predicted molar refractivity (Wildman–Crippen MR) is 138 cm³/mol. The number of benzene rings is 1.